The largest absolute Gasteiger partial charge is 0.351 e. The molecule has 0 radical (unpaired) electrons. The predicted octanol–water partition coefficient (Wildman–Crippen LogP) is 4.42. The first-order valence-corrected chi connectivity index (χ1v) is 16.2. The van der Waals surface area contributed by atoms with E-state index < -0.39 is 10.0 Å². The minimum Gasteiger partial charge on any atom is -0.351 e. The fraction of sp³-hybridized carbons (Fsp3) is 0.517. The van der Waals surface area contributed by atoms with Crippen molar-refractivity contribution in [1.82, 2.24) is 19.5 Å². The number of thiazole rings is 1. The van der Waals surface area contributed by atoms with E-state index in [2.05, 4.69) is 41.1 Å². The van der Waals surface area contributed by atoms with E-state index in [0.717, 1.165) is 69.1 Å². The summed E-state index contributed by atoms with van der Waals surface area (Å²) in [5, 5.41) is 4.07. The molecule has 1 aliphatic heterocycles. The number of aromatic nitrogens is 1. The van der Waals surface area contributed by atoms with Crippen molar-refractivity contribution in [2.45, 2.75) is 56.9 Å². The third kappa shape index (κ3) is 6.29. The molecule has 0 atom stereocenters. The van der Waals surface area contributed by atoms with Gasteiger partial charge in [-0.3, -0.25) is 9.69 Å². The fourth-order valence-electron chi connectivity index (χ4n) is 5.68. The number of anilines is 1. The molecule has 1 saturated carbocycles. The molecule has 2 aliphatic rings. The summed E-state index contributed by atoms with van der Waals surface area (Å²) in [7, 11) is -1.89. The number of carbonyl (C=O) groups is 1. The molecule has 0 bridgehead atoms. The van der Waals surface area contributed by atoms with Gasteiger partial charge in [0.1, 0.15) is 0 Å². The zero-order valence-corrected chi connectivity index (χ0v) is 24.8. The smallest absolute Gasteiger partial charge is 0.251 e. The number of rotatable bonds is 8. The third-order valence-corrected chi connectivity index (χ3v) is 11.2. The van der Waals surface area contributed by atoms with E-state index in [1.807, 2.05) is 0 Å². The van der Waals surface area contributed by atoms with Crippen LogP contribution >= 0.6 is 11.3 Å². The van der Waals surface area contributed by atoms with Crippen molar-refractivity contribution in [3.05, 3.63) is 53.1 Å². The maximum absolute atomic E-state index is 13.1. The van der Waals surface area contributed by atoms with Crippen LogP contribution < -0.4 is 10.2 Å². The second-order valence-electron chi connectivity index (χ2n) is 10.8. The first-order chi connectivity index (χ1) is 18.7. The Balaban J connectivity index is 1.09. The summed E-state index contributed by atoms with van der Waals surface area (Å²) in [5.41, 5.74) is 4.08. The number of fused-ring (bicyclic) bond motifs is 1. The monoisotopic (exact) mass is 569 g/mol. The molecule has 1 saturated heterocycles. The molecule has 2 heterocycles. The summed E-state index contributed by atoms with van der Waals surface area (Å²) < 4.78 is 28.9. The lowest BCUT2D eigenvalue weighted by Crippen LogP contribution is -2.48. The van der Waals surface area contributed by atoms with Gasteiger partial charge in [-0.15, -0.1) is 0 Å². The number of nitrogens with zero attached hydrogens (tertiary/aromatic N) is 4. The summed E-state index contributed by atoms with van der Waals surface area (Å²) in [4.78, 5) is 22.5. The Morgan fingerprint density at radius 1 is 1.05 bits per heavy atom. The Bertz CT molecular complexity index is 1410. The first-order valence-electron chi connectivity index (χ1n) is 13.9. The van der Waals surface area contributed by atoms with Crippen molar-refractivity contribution in [3.63, 3.8) is 0 Å². The maximum Gasteiger partial charge on any atom is 0.251 e. The average molecular weight is 570 g/mol. The van der Waals surface area contributed by atoms with Crippen LogP contribution in [0.4, 0.5) is 5.13 Å². The average Bonchev–Trinajstić information content (AvgIpc) is 3.38. The lowest BCUT2D eigenvalue weighted by Gasteiger charge is -2.34. The van der Waals surface area contributed by atoms with Gasteiger partial charge in [0, 0.05) is 57.9 Å². The van der Waals surface area contributed by atoms with Crippen LogP contribution in [0.5, 0.6) is 0 Å². The molecule has 1 N–H and O–H groups in total. The molecule has 39 heavy (non-hydrogen) atoms. The van der Waals surface area contributed by atoms with Crippen LogP contribution in [-0.4, -0.2) is 80.9 Å². The zero-order valence-electron chi connectivity index (χ0n) is 23.1. The molecule has 10 heteroatoms. The minimum atomic E-state index is -3.56. The van der Waals surface area contributed by atoms with Gasteiger partial charge >= 0.3 is 0 Å². The summed E-state index contributed by atoms with van der Waals surface area (Å²) >= 11 is 1.77. The molecule has 1 aliphatic carbocycles. The normalized spacial score (nSPS) is 17.7. The Morgan fingerprint density at radius 3 is 2.44 bits per heavy atom. The summed E-state index contributed by atoms with van der Waals surface area (Å²) in [5.74, 6) is -0.182. The lowest BCUT2D eigenvalue weighted by atomic mass is 9.96. The fourth-order valence-corrected chi connectivity index (χ4v) is 8.16. The van der Waals surface area contributed by atoms with Crippen LogP contribution in [0.2, 0.25) is 0 Å². The van der Waals surface area contributed by atoms with Crippen LogP contribution in [0.3, 0.4) is 0 Å². The Hall–Kier alpha value is -2.53. The molecule has 210 valence electrons. The predicted molar refractivity (Wildman–Crippen MR) is 158 cm³/mol. The van der Waals surface area contributed by atoms with E-state index in [9.17, 15) is 13.2 Å². The molecule has 3 aromatic rings. The summed E-state index contributed by atoms with van der Waals surface area (Å²) in [6.45, 7) is 9.25. The van der Waals surface area contributed by atoms with Crippen LogP contribution in [0, 0.1) is 13.8 Å². The van der Waals surface area contributed by atoms with Gasteiger partial charge in [-0.05, 0) is 68.1 Å². The highest BCUT2D eigenvalue weighted by atomic mass is 32.2. The number of nitrogens with one attached hydrogen (secondary N) is 1. The number of piperazine rings is 1. The SMILES string of the molecule is Cc1cc(C)c2sc(N3CCN(CCNC(=O)c4ccc(S(=O)(=O)N(C)C5CCCCC5)cc4)CC3)nc2c1. The van der Waals surface area contributed by atoms with E-state index in [1.165, 1.54) is 26.6 Å². The quantitative estimate of drug-likeness (QED) is 0.432. The Morgan fingerprint density at radius 2 is 1.74 bits per heavy atom. The first kappa shape index (κ1) is 28.0. The number of sulfonamides is 1. The molecule has 0 unspecified atom stereocenters. The molecular weight excluding hydrogens is 530 g/mol. The highest BCUT2D eigenvalue weighted by molar-refractivity contribution is 7.89. The molecule has 1 amide bonds. The molecule has 8 nitrogen and oxygen atoms in total. The van der Waals surface area contributed by atoms with Gasteiger partial charge in [0.05, 0.1) is 15.1 Å². The number of aryl methyl sites for hydroxylation is 2. The molecule has 0 spiro atoms. The number of hydrogen-bond donors (Lipinski definition) is 1. The van der Waals surface area contributed by atoms with E-state index >= 15 is 0 Å². The van der Waals surface area contributed by atoms with Crippen LogP contribution in [0.1, 0.15) is 53.6 Å². The Kier molecular flexibility index (Phi) is 8.56. The Labute approximate surface area is 236 Å². The topological polar surface area (TPSA) is 85.8 Å². The third-order valence-electron chi connectivity index (χ3n) is 8.05. The number of carbonyl (C=O) groups excluding carboxylic acids is 1. The van der Waals surface area contributed by atoms with Crippen molar-refractivity contribution in [1.29, 1.82) is 0 Å². The van der Waals surface area contributed by atoms with E-state index in [0.29, 0.717) is 12.1 Å². The number of hydrogen-bond acceptors (Lipinski definition) is 7. The zero-order chi connectivity index (χ0) is 27.6. The van der Waals surface area contributed by atoms with Crippen LogP contribution in [0.25, 0.3) is 10.2 Å². The maximum atomic E-state index is 13.1. The molecule has 5 rings (SSSR count). The standard InChI is InChI=1S/C29H39N5O3S2/c1-21-19-22(2)27-26(20-21)31-29(38-27)34-17-15-33(16-18-34)14-13-30-28(35)23-9-11-25(12-10-23)39(36,37)32(3)24-7-5-4-6-8-24/h9-12,19-20,24H,4-8,13-18H2,1-3H3,(H,30,35). The number of amides is 1. The van der Waals surface area contributed by atoms with Crippen molar-refractivity contribution < 1.29 is 13.2 Å². The van der Waals surface area contributed by atoms with Gasteiger partial charge < -0.3 is 10.2 Å². The van der Waals surface area contributed by atoms with Crippen molar-refractivity contribution >= 4 is 42.6 Å². The van der Waals surface area contributed by atoms with Crippen molar-refractivity contribution in [2.75, 3.05) is 51.2 Å². The van der Waals surface area contributed by atoms with Gasteiger partial charge in [-0.1, -0.05) is 36.7 Å². The van der Waals surface area contributed by atoms with Crippen molar-refractivity contribution in [2.24, 2.45) is 0 Å². The van der Waals surface area contributed by atoms with E-state index in [1.54, 1.807) is 42.6 Å². The minimum absolute atomic E-state index is 0.0586. The number of benzene rings is 2. The molecule has 2 fully saturated rings. The van der Waals surface area contributed by atoms with Gasteiger partial charge in [0.15, 0.2) is 5.13 Å². The van der Waals surface area contributed by atoms with Gasteiger partial charge in [0.25, 0.3) is 5.91 Å². The second-order valence-corrected chi connectivity index (χ2v) is 13.8. The highest BCUT2D eigenvalue weighted by Crippen LogP contribution is 2.32. The molecule has 2 aromatic carbocycles. The van der Waals surface area contributed by atoms with Gasteiger partial charge in [-0.2, -0.15) is 4.31 Å². The summed E-state index contributed by atoms with van der Waals surface area (Å²) in [6, 6.07) is 10.7. The van der Waals surface area contributed by atoms with Crippen LogP contribution in [0.15, 0.2) is 41.3 Å². The second kappa shape index (κ2) is 11.9. The van der Waals surface area contributed by atoms with Gasteiger partial charge in [0.2, 0.25) is 10.0 Å². The molecule has 1 aromatic heterocycles. The van der Waals surface area contributed by atoms with E-state index in [-0.39, 0.29) is 16.8 Å². The molecular formula is C29H39N5O3S2. The van der Waals surface area contributed by atoms with Crippen LogP contribution in [-0.2, 0) is 10.0 Å². The highest BCUT2D eigenvalue weighted by Gasteiger charge is 2.29. The van der Waals surface area contributed by atoms with Crippen molar-refractivity contribution in [3.8, 4) is 0 Å². The lowest BCUT2D eigenvalue weighted by molar-refractivity contribution is 0.0947. The van der Waals surface area contributed by atoms with Gasteiger partial charge in [-0.25, -0.2) is 13.4 Å². The summed E-state index contributed by atoms with van der Waals surface area (Å²) in [6.07, 6.45) is 5.14. The van der Waals surface area contributed by atoms with E-state index in [4.69, 9.17) is 4.98 Å².